The molecule has 1 saturated heterocycles. The second-order valence-corrected chi connectivity index (χ2v) is 9.07. The number of piperidine rings is 1. The summed E-state index contributed by atoms with van der Waals surface area (Å²) in [5.41, 5.74) is 3.18. The van der Waals surface area contributed by atoms with E-state index >= 15 is 0 Å². The van der Waals surface area contributed by atoms with Gasteiger partial charge in [-0.25, -0.2) is 4.98 Å². The second-order valence-electron chi connectivity index (χ2n) is 9.07. The number of hydrogen-bond acceptors (Lipinski definition) is 5. The topological polar surface area (TPSA) is 77.4 Å². The fourth-order valence-corrected chi connectivity index (χ4v) is 5.25. The molecule has 2 N–H and O–H groups in total. The Morgan fingerprint density at radius 3 is 2.90 bits per heavy atom. The van der Waals surface area contributed by atoms with Gasteiger partial charge in [0.15, 0.2) is 0 Å². The molecule has 5 rings (SSSR count). The Morgan fingerprint density at radius 2 is 2.10 bits per heavy atom. The molecule has 7 heteroatoms. The molecule has 2 bridgehead atoms. The van der Waals surface area contributed by atoms with Gasteiger partial charge in [0.25, 0.3) is 5.56 Å². The van der Waals surface area contributed by atoms with E-state index < -0.39 is 0 Å². The fourth-order valence-electron chi connectivity index (χ4n) is 5.25. The number of H-pyrrole nitrogens is 1. The van der Waals surface area contributed by atoms with Crippen LogP contribution in [-0.4, -0.2) is 49.6 Å². The molecule has 31 heavy (non-hydrogen) atoms. The molecule has 2 aromatic heterocycles. The average Bonchev–Trinajstić information content (AvgIpc) is 3.23. The summed E-state index contributed by atoms with van der Waals surface area (Å²) in [5, 5.41) is 9.68. The first kappa shape index (κ1) is 20.0. The van der Waals surface area contributed by atoms with Crippen molar-refractivity contribution in [2.24, 2.45) is 5.92 Å². The molecule has 162 valence electrons. The summed E-state index contributed by atoms with van der Waals surface area (Å²) < 4.78 is 2.03. The molecule has 0 amide bonds. The molecule has 3 aromatic rings. The quantitative estimate of drug-likeness (QED) is 0.642. The molecular formula is C24H29N5O2. The molecule has 1 aromatic carbocycles. The van der Waals surface area contributed by atoms with Crippen LogP contribution in [0.1, 0.15) is 35.0 Å². The van der Waals surface area contributed by atoms with Crippen LogP contribution in [0.2, 0.25) is 0 Å². The highest BCUT2D eigenvalue weighted by atomic mass is 16.3. The number of aromatic nitrogens is 3. The van der Waals surface area contributed by atoms with Gasteiger partial charge in [-0.05, 0) is 43.1 Å². The first-order valence-corrected chi connectivity index (χ1v) is 10.9. The molecule has 4 heterocycles. The molecule has 1 fully saturated rings. The summed E-state index contributed by atoms with van der Waals surface area (Å²) in [6.07, 6.45) is 4.83. The zero-order chi connectivity index (χ0) is 21.4. The van der Waals surface area contributed by atoms with Crippen LogP contribution < -0.4 is 5.56 Å². The van der Waals surface area contributed by atoms with Crippen LogP contribution in [0.3, 0.4) is 0 Å². The number of nitrogens with zero attached hydrogens (tertiary/aromatic N) is 4. The molecule has 2 aliphatic heterocycles. The van der Waals surface area contributed by atoms with E-state index in [1.54, 1.807) is 18.3 Å². The first-order valence-electron chi connectivity index (χ1n) is 10.9. The third kappa shape index (κ3) is 4.29. The molecule has 0 radical (unpaired) electrons. The van der Waals surface area contributed by atoms with Crippen molar-refractivity contribution in [1.29, 1.82) is 0 Å². The number of nitrogens with one attached hydrogen (secondary N) is 1. The minimum Gasteiger partial charge on any atom is -0.508 e. The van der Waals surface area contributed by atoms with E-state index in [-0.39, 0.29) is 11.3 Å². The first-order chi connectivity index (χ1) is 15.0. The van der Waals surface area contributed by atoms with E-state index in [1.807, 2.05) is 36.0 Å². The Morgan fingerprint density at radius 1 is 1.19 bits per heavy atom. The van der Waals surface area contributed by atoms with Gasteiger partial charge in [-0.3, -0.25) is 14.6 Å². The lowest BCUT2D eigenvalue weighted by atomic mass is 9.83. The van der Waals surface area contributed by atoms with Crippen molar-refractivity contribution in [3.63, 3.8) is 0 Å². The summed E-state index contributed by atoms with van der Waals surface area (Å²) in [6, 6.07) is 11.5. The molecule has 2 atom stereocenters. The molecule has 0 spiro atoms. The Kier molecular flexibility index (Phi) is 5.38. The molecule has 2 aliphatic rings. The van der Waals surface area contributed by atoms with Crippen molar-refractivity contribution in [1.82, 2.24) is 24.3 Å². The van der Waals surface area contributed by atoms with Gasteiger partial charge in [0.1, 0.15) is 11.6 Å². The van der Waals surface area contributed by atoms with Crippen molar-refractivity contribution >= 4 is 0 Å². The lowest BCUT2D eigenvalue weighted by molar-refractivity contribution is 0.112. The van der Waals surface area contributed by atoms with Crippen LogP contribution in [0.4, 0.5) is 0 Å². The lowest BCUT2D eigenvalue weighted by Crippen LogP contribution is -2.47. The Labute approximate surface area is 182 Å². The van der Waals surface area contributed by atoms with Crippen LogP contribution in [-0.2, 0) is 26.2 Å². The van der Waals surface area contributed by atoms with Gasteiger partial charge in [-0.1, -0.05) is 18.2 Å². The minimum absolute atomic E-state index is 0.148. The summed E-state index contributed by atoms with van der Waals surface area (Å²) in [4.78, 5) is 25.4. The van der Waals surface area contributed by atoms with Crippen LogP contribution in [0.15, 0.2) is 53.6 Å². The molecular weight excluding hydrogens is 390 g/mol. The maximum Gasteiger partial charge on any atom is 0.255 e. The molecule has 7 nitrogen and oxygen atoms in total. The van der Waals surface area contributed by atoms with Gasteiger partial charge < -0.3 is 14.7 Å². The van der Waals surface area contributed by atoms with Gasteiger partial charge in [-0.2, -0.15) is 0 Å². The van der Waals surface area contributed by atoms with Gasteiger partial charge in [-0.15, -0.1) is 0 Å². The Bertz CT molecular complexity index is 1110. The lowest BCUT2D eigenvalue weighted by Gasteiger charge is -2.42. The number of hydrogen-bond donors (Lipinski definition) is 2. The zero-order valence-corrected chi connectivity index (χ0v) is 17.9. The summed E-state index contributed by atoms with van der Waals surface area (Å²) in [7, 11) is 2.01. The SMILES string of the molecule is CN(Cc1cccc(O)c1)Cc1ccc2n(c1=O)C[C@H]1C[C@@H]2CN(Cc2ncc[nH]2)C1. The van der Waals surface area contributed by atoms with Gasteiger partial charge >= 0.3 is 0 Å². The fraction of sp³-hybridized carbons (Fsp3) is 0.417. The van der Waals surface area contributed by atoms with E-state index in [2.05, 4.69) is 25.8 Å². The number of likely N-dealkylation sites (tertiary alicyclic amines) is 1. The van der Waals surface area contributed by atoms with E-state index in [1.165, 1.54) is 5.69 Å². The highest BCUT2D eigenvalue weighted by Gasteiger charge is 2.35. The van der Waals surface area contributed by atoms with Crippen LogP contribution in [0.5, 0.6) is 5.75 Å². The zero-order valence-electron chi connectivity index (χ0n) is 17.9. The molecule has 0 saturated carbocycles. The predicted molar refractivity (Wildman–Crippen MR) is 119 cm³/mol. The average molecular weight is 420 g/mol. The third-order valence-electron chi connectivity index (χ3n) is 6.49. The van der Waals surface area contributed by atoms with Gasteiger partial charge in [0, 0.05) is 62.3 Å². The summed E-state index contributed by atoms with van der Waals surface area (Å²) in [5.74, 6) is 2.17. The number of benzene rings is 1. The van der Waals surface area contributed by atoms with Crippen molar-refractivity contribution in [3.05, 3.63) is 81.8 Å². The number of imidazole rings is 1. The van der Waals surface area contributed by atoms with E-state index in [4.69, 9.17) is 0 Å². The number of fused-ring (bicyclic) bond motifs is 4. The number of phenolic OH excluding ortho intramolecular Hbond substituents is 1. The van der Waals surface area contributed by atoms with Crippen molar-refractivity contribution in [2.75, 3.05) is 20.1 Å². The highest BCUT2D eigenvalue weighted by molar-refractivity contribution is 5.27. The third-order valence-corrected chi connectivity index (χ3v) is 6.49. The normalized spacial score (nSPS) is 20.7. The number of aromatic hydroxyl groups is 1. The van der Waals surface area contributed by atoms with Crippen molar-refractivity contribution < 1.29 is 5.11 Å². The van der Waals surface area contributed by atoms with Crippen LogP contribution >= 0.6 is 0 Å². The predicted octanol–water partition coefficient (Wildman–Crippen LogP) is 2.53. The Hall–Kier alpha value is -2.90. The van der Waals surface area contributed by atoms with E-state index in [0.717, 1.165) is 49.6 Å². The number of phenols is 1. The maximum atomic E-state index is 13.3. The van der Waals surface area contributed by atoms with E-state index in [9.17, 15) is 9.90 Å². The van der Waals surface area contributed by atoms with E-state index in [0.29, 0.717) is 24.9 Å². The van der Waals surface area contributed by atoms with Gasteiger partial charge in [0.05, 0.1) is 6.54 Å². The van der Waals surface area contributed by atoms with Gasteiger partial charge in [0.2, 0.25) is 0 Å². The van der Waals surface area contributed by atoms with Crippen molar-refractivity contribution in [3.8, 4) is 5.75 Å². The summed E-state index contributed by atoms with van der Waals surface area (Å²) in [6.45, 7) is 4.88. The second kappa shape index (κ2) is 8.32. The smallest absolute Gasteiger partial charge is 0.255 e. The number of aromatic amines is 1. The van der Waals surface area contributed by atoms with Crippen LogP contribution in [0, 0.1) is 5.92 Å². The van der Waals surface area contributed by atoms with Crippen LogP contribution in [0.25, 0.3) is 0 Å². The standard InChI is InChI=1S/C24H29N5O2/c1-27(11-17-3-2-4-21(30)10-17)14-19-5-6-22-20-9-18(13-29(22)24(19)31)12-28(15-20)16-23-25-7-8-26-23/h2-8,10,18,20,30H,9,11-16H2,1H3,(H,25,26)/t18-,20+/m0/s1. The molecule has 0 unspecified atom stereocenters. The monoisotopic (exact) mass is 419 g/mol. The number of rotatable bonds is 6. The van der Waals surface area contributed by atoms with Crippen molar-refractivity contribution in [2.45, 2.75) is 38.5 Å². The largest absolute Gasteiger partial charge is 0.508 e. The number of pyridine rings is 1. The highest BCUT2D eigenvalue weighted by Crippen LogP contribution is 2.35. The Balaban J connectivity index is 1.30. The maximum absolute atomic E-state index is 13.3. The summed E-state index contributed by atoms with van der Waals surface area (Å²) >= 11 is 0. The molecule has 0 aliphatic carbocycles. The minimum atomic E-state index is 0.148.